The van der Waals surface area contributed by atoms with Gasteiger partial charge in [0, 0.05) is 21.3 Å². The van der Waals surface area contributed by atoms with Crippen molar-refractivity contribution in [3.05, 3.63) is 56.9 Å². The lowest BCUT2D eigenvalue weighted by Crippen LogP contribution is -2.42. The summed E-state index contributed by atoms with van der Waals surface area (Å²) < 4.78 is 22.9. The van der Waals surface area contributed by atoms with Gasteiger partial charge in [0.15, 0.2) is 11.5 Å². The Balaban J connectivity index is 1.90. The van der Waals surface area contributed by atoms with Crippen LogP contribution in [0.15, 0.2) is 40.2 Å². The fraction of sp³-hybridized carbons (Fsp3) is 0.208. The molecule has 3 aromatic rings. The summed E-state index contributed by atoms with van der Waals surface area (Å²) in [5.74, 6) is 0.654. The number of amides is 1. The van der Waals surface area contributed by atoms with E-state index in [0.29, 0.717) is 49.8 Å². The first-order chi connectivity index (χ1) is 16.8. The normalized spacial score (nSPS) is 17.9. The maximum Gasteiger partial charge on any atom is 0.245 e. The molecule has 2 aromatic carbocycles. The quantitative estimate of drug-likeness (QED) is 0.458. The molecule has 1 aromatic heterocycles. The van der Waals surface area contributed by atoms with Crippen molar-refractivity contribution in [1.82, 2.24) is 10.2 Å². The van der Waals surface area contributed by atoms with E-state index >= 15 is 0 Å². The van der Waals surface area contributed by atoms with Crippen LogP contribution in [0.3, 0.4) is 0 Å². The maximum absolute atomic E-state index is 13.8. The summed E-state index contributed by atoms with van der Waals surface area (Å²) >= 11 is 3.64. The number of nitrogens with two attached hydrogens (primary N) is 1. The molecule has 1 unspecified atom stereocenters. The van der Waals surface area contributed by atoms with E-state index in [9.17, 15) is 10.1 Å². The van der Waals surface area contributed by atoms with Gasteiger partial charge in [0.25, 0.3) is 0 Å². The lowest BCUT2D eigenvalue weighted by Gasteiger charge is -2.32. The minimum absolute atomic E-state index is 0.0392. The Morgan fingerprint density at radius 2 is 1.83 bits per heavy atom. The highest BCUT2D eigenvalue weighted by Gasteiger charge is 2.59. The molecule has 0 saturated heterocycles. The van der Waals surface area contributed by atoms with E-state index < -0.39 is 11.3 Å². The van der Waals surface area contributed by atoms with Crippen LogP contribution in [0.25, 0.3) is 11.3 Å². The lowest BCUT2D eigenvalue weighted by atomic mass is 9.68. The van der Waals surface area contributed by atoms with Gasteiger partial charge in [-0.15, -0.1) is 5.10 Å². The van der Waals surface area contributed by atoms with E-state index in [2.05, 4.69) is 37.5 Å². The minimum Gasteiger partial charge on any atom is -0.493 e. The van der Waals surface area contributed by atoms with Crippen LogP contribution in [0.5, 0.6) is 23.1 Å². The highest BCUT2D eigenvalue weighted by molar-refractivity contribution is 9.10. The first kappa shape index (κ1) is 22.6. The molecule has 4 N–H and O–H groups in total. The van der Waals surface area contributed by atoms with Gasteiger partial charge in [-0.3, -0.25) is 9.89 Å². The summed E-state index contributed by atoms with van der Waals surface area (Å²) in [6.45, 7) is 1.90. The molecule has 0 fully saturated rings. The Labute approximate surface area is 208 Å². The number of fused-ring (bicyclic) bond motifs is 4. The average molecular weight is 538 g/mol. The summed E-state index contributed by atoms with van der Waals surface area (Å²) in [6.07, 6.45) is 0. The van der Waals surface area contributed by atoms with Gasteiger partial charge in [-0.1, -0.05) is 22.0 Å². The fourth-order valence-electron chi connectivity index (χ4n) is 4.74. The van der Waals surface area contributed by atoms with Crippen molar-refractivity contribution >= 4 is 27.5 Å². The lowest BCUT2D eigenvalue weighted by molar-refractivity contribution is -0.118. The van der Waals surface area contributed by atoms with Crippen LogP contribution in [-0.2, 0) is 10.2 Å². The van der Waals surface area contributed by atoms with Gasteiger partial charge in [-0.25, -0.2) is 0 Å². The molecule has 10 nitrogen and oxygen atoms in total. The second-order valence-corrected chi connectivity index (χ2v) is 8.76. The van der Waals surface area contributed by atoms with Gasteiger partial charge in [0.2, 0.25) is 23.4 Å². The topological polar surface area (TPSA) is 145 Å². The number of ether oxygens (including phenoxy) is 4. The van der Waals surface area contributed by atoms with Gasteiger partial charge < -0.3 is 30.0 Å². The molecule has 2 aliphatic heterocycles. The van der Waals surface area contributed by atoms with Crippen LogP contribution < -0.4 is 30.0 Å². The van der Waals surface area contributed by atoms with Crippen LogP contribution in [-0.4, -0.2) is 37.4 Å². The van der Waals surface area contributed by atoms with Crippen molar-refractivity contribution < 1.29 is 23.7 Å². The smallest absolute Gasteiger partial charge is 0.245 e. The number of benzene rings is 2. The van der Waals surface area contributed by atoms with Gasteiger partial charge >= 0.3 is 0 Å². The zero-order valence-electron chi connectivity index (χ0n) is 19.2. The number of nitrogens with one attached hydrogen (secondary N) is 2. The number of carbonyl (C=O) groups excluding carboxylic acids is 1. The summed E-state index contributed by atoms with van der Waals surface area (Å²) in [6, 6.07) is 9.22. The third-order valence-electron chi connectivity index (χ3n) is 6.30. The van der Waals surface area contributed by atoms with Crippen LogP contribution in [0.2, 0.25) is 0 Å². The second-order valence-electron chi connectivity index (χ2n) is 7.97. The molecule has 0 radical (unpaired) electrons. The van der Waals surface area contributed by atoms with Gasteiger partial charge in [-0.2, -0.15) is 5.26 Å². The van der Waals surface area contributed by atoms with Crippen molar-refractivity contribution in [3.8, 4) is 40.5 Å². The maximum atomic E-state index is 13.8. The summed E-state index contributed by atoms with van der Waals surface area (Å²) in [5.41, 5.74) is 7.85. The molecule has 2 aliphatic rings. The Bertz CT molecular complexity index is 1460. The Hall–Kier alpha value is -4.17. The molecule has 11 heteroatoms. The number of hydrogen-bond acceptors (Lipinski definition) is 8. The number of aryl methyl sites for hydroxylation is 1. The zero-order chi connectivity index (χ0) is 25.1. The van der Waals surface area contributed by atoms with Crippen molar-refractivity contribution in [3.63, 3.8) is 0 Å². The first-order valence-corrected chi connectivity index (χ1v) is 11.2. The fourth-order valence-corrected chi connectivity index (χ4v) is 5.39. The number of rotatable bonds is 4. The number of hydrogen-bond donors (Lipinski definition) is 3. The van der Waals surface area contributed by atoms with Crippen molar-refractivity contribution in [2.24, 2.45) is 5.73 Å². The van der Waals surface area contributed by atoms with Crippen LogP contribution >= 0.6 is 15.9 Å². The van der Waals surface area contributed by atoms with E-state index in [1.54, 1.807) is 18.2 Å². The number of carbonyl (C=O) groups is 1. The summed E-state index contributed by atoms with van der Waals surface area (Å²) in [4.78, 5) is 13.8. The van der Waals surface area contributed by atoms with E-state index in [1.165, 1.54) is 21.3 Å². The highest BCUT2D eigenvalue weighted by Crippen LogP contribution is 2.58. The zero-order valence-corrected chi connectivity index (χ0v) is 20.8. The van der Waals surface area contributed by atoms with Crippen molar-refractivity contribution in [2.45, 2.75) is 12.3 Å². The number of H-pyrrole nitrogens is 1. The molecule has 5 rings (SSSR count). The number of aromatic nitrogens is 2. The standard InChI is InChI=1S/C24H20BrN5O5/c1-10-5-6-13-16(18(10)25)24(23(31)28-13)12(9-26)21(27)35-22-17(24)19(29-30-22)11-7-14(32-2)20(34-4)15(8-11)33-3/h5-8H,27H2,1-4H3,(H,28,31)(H,29,30). The third-order valence-corrected chi connectivity index (χ3v) is 7.32. The van der Waals surface area contributed by atoms with Gasteiger partial charge in [0.1, 0.15) is 17.1 Å². The van der Waals surface area contributed by atoms with Crippen molar-refractivity contribution in [1.29, 1.82) is 5.26 Å². The van der Waals surface area contributed by atoms with Gasteiger partial charge in [0.05, 0.1) is 32.6 Å². The van der Waals surface area contributed by atoms with E-state index in [1.807, 2.05) is 13.0 Å². The predicted octanol–water partition coefficient (Wildman–Crippen LogP) is 3.50. The Morgan fingerprint density at radius 1 is 1.14 bits per heavy atom. The number of nitrogens with zero attached hydrogens (tertiary/aromatic N) is 2. The van der Waals surface area contributed by atoms with E-state index in [-0.39, 0.29) is 17.3 Å². The SMILES string of the molecule is COc1cc(-c2[nH]nc3c2C2(C(=O)Nc4ccc(C)c(Br)c42)C(C#N)=C(N)O3)cc(OC)c1OC. The molecule has 1 spiro atoms. The number of aromatic amines is 1. The van der Waals surface area contributed by atoms with Crippen LogP contribution in [0.4, 0.5) is 5.69 Å². The number of anilines is 1. The Morgan fingerprint density at radius 3 is 2.43 bits per heavy atom. The molecule has 0 aliphatic carbocycles. The van der Waals surface area contributed by atoms with E-state index in [0.717, 1.165) is 5.56 Å². The molecule has 1 amide bonds. The molecular formula is C24H20BrN5O5. The van der Waals surface area contributed by atoms with E-state index in [4.69, 9.17) is 24.7 Å². The molecule has 0 bridgehead atoms. The van der Waals surface area contributed by atoms with Crippen LogP contribution in [0, 0.1) is 18.3 Å². The molecule has 0 saturated carbocycles. The van der Waals surface area contributed by atoms with Gasteiger partial charge in [-0.05, 0) is 30.7 Å². The number of methoxy groups -OCH3 is 3. The monoisotopic (exact) mass is 537 g/mol. The average Bonchev–Trinajstić information content (AvgIpc) is 3.40. The summed E-state index contributed by atoms with van der Waals surface area (Å²) in [5, 5.41) is 20.4. The molecular weight excluding hydrogens is 518 g/mol. The molecule has 1 atom stereocenters. The largest absolute Gasteiger partial charge is 0.493 e. The third kappa shape index (κ3) is 2.86. The van der Waals surface area contributed by atoms with Crippen molar-refractivity contribution in [2.75, 3.05) is 26.6 Å². The predicted molar refractivity (Wildman–Crippen MR) is 129 cm³/mol. The Kier molecular flexibility index (Phi) is 5.14. The first-order valence-electron chi connectivity index (χ1n) is 10.4. The second kappa shape index (κ2) is 7.95. The minimum atomic E-state index is -1.62. The molecule has 3 heterocycles. The number of halogens is 1. The molecule has 35 heavy (non-hydrogen) atoms. The molecule has 178 valence electrons. The number of nitriles is 1. The van der Waals surface area contributed by atoms with Crippen LogP contribution in [0.1, 0.15) is 16.7 Å². The highest BCUT2D eigenvalue weighted by atomic mass is 79.9. The summed E-state index contributed by atoms with van der Waals surface area (Å²) in [7, 11) is 4.52.